The van der Waals surface area contributed by atoms with Gasteiger partial charge in [0.15, 0.2) is 0 Å². The van der Waals surface area contributed by atoms with E-state index in [4.69, 9.17) is 4.98 Å². The lowest BCUT2D eigenvalue weighted by molar-refractivity contribution is 0.194. The molecule has 0 radical (unpaired) electrons. The summed E-state index contributed by atoms with van der Waals surface area (Å²) < 4.78 is 0. The maximum absolute atomic E-state index is 5.17. The van der Waals surface area contributed by atoms with Gasteiger partial charge in [0.25, 0.3) is 0 Å². The van der Waals surface area contributed by atoms with E-state index in [1.54, 1.807) is 0 Å². The largest absolute Gasteiger partial charge is 0.319 e. The molecule has 2 nitrogen and oxygen atoms in total. The first-order chi connectivity index (χ1) is 30.0. The third-order valence-electron chi connectivity index (χ3n) is 15.2. The van der Waals surface area contributed by atoms with E-state index in [9.17, 15) is 0 Å². The molecule has 0 bridgehead atoms. The lowest BCUT2D eigenvalue weighted by atomic mass is 9.61. The highest BCUT2D eigenvalue weighted by molar-refractivity contribution is 6.31. The minimum atomic E-state index is -0.113. The Balaban J connectivity index is 1.11. The van der Waals surface area contributed by atoms with Gasteiger partial charge in [0.2, 0.25) is 0 Å². The Morgan fingerprint density at radius 1 is 0.426 bits per heavy atom. The molecular weight excluding hydrogens is 737 g/mol. The molecule has 61 heavy (non-hydrogen) atoms. The van der Waals surface area contributed by atoms with Crippen LogP contribution in [0.4, 0.5) is 11.5 Å². The highest BCUT2D eigenvalue weighted by Gasteiger charge is 2.58. The number of fused-ring (bicyclic) bond motifs is 6. The third-order valence-corrected chi connectivity index (χ3v) is 15.2. The van der Waals surface area contributed by atoms with Crippen LogP contribution in [0.25, 0.3) is 98.0 Å². The van der Waals surface area contributed by atoms with Crippen molar-refractivity contribution < 1.29 is 0 Å². The second kappa shape index (κ2) is 12.7. The Morgan fingerprint density at radius 2 is 1.00 bits per heavy atom. The summed E-state index contributed by atoms with van der Waals surface area (Å²) in [5.41, 5.74) is 10.2. The first-order valence-electron chi connectivity index (χ1n) is 22.0. The molecular formula is C59H44N2. The highest BCUT2D eigenvalue weighted by Crippen LogP contribution is 2.62. The van der Waals surface area contributed by atoms with Gasteiger partial charge in [-0.15, -0.1) is 0 Å². The Kier molecular flexibility index (Phi) is 7.27. The van der Waals surface area contributed by atoms with Crippen LogP contribution in [-0.2, 0) is 5.41 Å². The lowest BCUT2D eigenvalue weighted by Gasteiger charge is -2.50. The van der Waals surface area contributed by atoms with Gasteiger partial charge in [-0.1, -0.05) is 171 Å². The summed E-state index contributed by atoms with van der Waals surface area (Å²) in [6, 6.07) is 66.2. The molecule has 2 atom stereocenters. The fraction of sp³-hybridized carbons (Fsp3) is 0.136. The molecule has 2 heterocycles. The second-order valence-corrected chi connectivity index (χ2v) is 18.1. The van der Waals surface area contributed by atoms with Gasteiger partial charge in [-0.3, -0.25) is 0 Å². The predicted octanol–water partition coefficient (Wildman–Crippen LogP) is 16.2. The molecule has 0 N–H and O–H groups in total. The maximum atomic E-state index is 5.17. The molecule has 2 heteroatoms. The summed E-state index contributed by atoms with van der Waals surface area (Å²) in [5.74, 6) is 1.07. The van der Waals surface area contributed by atoms with Crippen LogP contribution >= 0.6 is 0 Å². The van der Waals surface area contributed by atoms with Crippen LogP contribution in [0.3, 0.4) is 0 Å². The topological polar surface area (TPSA) is 16.1 Å². The van der Waals surface area contributed by atoms with E-state index >= 15 is 0 Å². The van der Waals surface area contributed by atoms with Gasteiger partial charge in [0.1, 0.15) is 5.82 Å². The van der Waals surface area contributed by atoms with Crippen LogP contribution in [0.1, 0.15) is 45.1 Å². The first kappa shape index (κ1) is 34.8. The number of hydrogen-bond acceptors (Lipinski definition) is 2. The van der Waals surface area contributed by atoms with E-state index in [0.717, 1.165) is 18.7 Å². The van der Waals surface area contributed by atoms with Crippen LogP contribution in [0.2, 0.25) is 0 Å². The number of benzene rings is 10. The number of nitrogens with zero attached hydrogens (tertiary/aromatic N) is 2. The number of pyridine rings is 1. The monoisotopic (exact) mass is 780 g/mol. The minimum absolute atomic E-state index is 0.0508. The van der Waals surface area contributed by atoms with Crippen molar-refractivity contribution in [2.45, 2.75) is 50.5 Å². The molecule has 2 aliphatic rings. The van der Waals surface area contributed by atoms with Gasteiger partial charge >= 0.3 is 0 Å². The molecule has 1 aliphatic carbocycles. The van der Waals surface area contributed by atoms with Crippen molar-refractivity contribution in [1.82, 2.24) is 4.98 Å². The molecule has 0 amide bonds. The summed E-state index contributed by atoms with van der Waals surface area (Å²) in [5, 5.41) is 15.4. The van der Waals surface area contributed by atoms with Crippen molar-refractivity contribution in [2.24, 2.45) is 0 Å². The van der Waals surface area contributed by atoms with Crippen LogP contribution in [0, 0.1) is 0 Å². The van der Waals surface area contributed by atoms with Crippen LogP contribution in [0.5, 0.6) is 0 Å². The van der Waals surface area contributed by atoms with Crippen molar-refractivity contribution >= 4 is 76.1 Å². The molecule has 10 aromatic carbocycles. The zero-order valence-electron chi connectivity index (χ0n) is 34.5. The summed E-state index contributed by atoms with van der Waals surface area (Å²) in [4.78, 5) is 7.80. The number of aromatic nitrogens is 1. The van der Waals surface area contributed by atoms with Crippen molar-refractivity contribution in [3.63, 3.8) is 0 Å². The van der Waals surface area contributed by atoms with Crippen LogP contribution < -0.4 is 4.90 Å². The zero-order chi connectivity index (χ0) is 40.5. The molecule has 1 fully saturated rings. The van der Waals surface area contributed by atoms with E-state index in [1.165, 1.54) is 122 Å². The predicted molar refractivity (Wildman–Crippen MR) is 260 cm³/mol. The Hall–Kier alpha value is -7.03. The lowest BCUT2D eigenvalue weighted by Crippen LogP contribution is -2.54. The molecule has 1 aromatic heterocycles. The van der Waals surface area contributed by atoms with Gasteiger partial charge in [-0.05, 0) is 142 Å². The number of rotatable bonds is 4. The average Bonchev–Trinajstić information content (AvgIpc) is 3.52. The normalized spacial score (nSPS) is 18.8. The van der Waals surface area contributed by atoms with E-state index in [1.807, 2.05) is 6.20 Å². The average molecular weight is 781 g/mol. The van der Waals surface area contributed by atoms with Crippen molar-refractivity contribution in [1.29, 1.82) is 0 Å². The van der Waals surface area contributed by atoms with Crippen LogP contribution in [-0.4, -0.2) is 10.5 Å². The van der Waals surface area contributed by atoms with Crippen LogP contribution in [0.15, 0.2) is 182 Å². The molecule has 11 aromatic rings. The first-order valence-corrected chi connectivity index (χ1v) is 22.0. The fourth-order valence-corrected chi connectivity index (χ4v) is 12.0. The second-order valence-electron chi connectivity index (χ2n) is 18.1. The molecule has 1 aliphatic heterocycles. The molecule has 1 saturated carbocycles. The van der Waals surface area contributed by atoms with Crippen molar-refractivity contribution in [3.05, 3.63) is 188 Å². The number of hydrogen-bond donors (Lipinski definition) is 0. The summed E-state index contributed by atoms with van der Waals surface area (Å²) in [6.45, 7) is 5.05. The summed E-state index contributed by atoms with van der Waals surface area (Å²) >= 11 is 0. The molecule has 0 saturated heterocycles. The smallest absolute Gasteiger partial charge is 0.141 e. The van der Waals surface area contributed by atoms with Gasteiger partial charge < -0.3 is 4.90 Å². The van der Waals surface area contributed by atoms with E-state index in [-0.39, 0.29) is 11.0 Å². The van der Waals surface area contributed by atoms with E-state index in [2.05, 4.69) is 195 Å². The Labute approximate surface area is 356 Å². The Morgan fingerprint density at radius 3 is 1.75 bits per heavy atom. The van der Waals surface area contributed by atoms with Gasteiger partial charge in [-0.25, -0.2) is 4.98 Å². The van der Waals surface area contributed by atoms with Gasteiger partial charge in [0, 0.05) is 22.7 Å². The van der Waals surface area contributed by atoms with Crippen molar-refractivity contribution in [3.8, 4) is 33.4 Å². The number of anilines is 2. The van der Waals surface area contributed by atoms with Crippen molar-refractivity contribution in [2.75, 3.05) is 4.90 Å². The molecule has 2 unspecified atom stereocenters. The summed E-state index contributed by atoms with van der Waals surface area (Å²) in [6.07, 6.45) is 6.73. The molecule has 13 rings (SSSR count). The molecule has 0 spiro atoms. The SMILES string of the molecule is CC12CCCCC1(C)N(c1nccc3ccccc13)c1ccc(-c3cc(-c4cccc5ccccc45)c4ccc5ccc(-c6cccc7ccccc67)c6ccc3c4c56)cc12. The molecule has 290 valence electrons. The summed E-state index contributed by atoms with van der Waals surface area (Å²) in [7, 11) is 0. The zero-order valence-corrected chi connectivity index (χ0v) is 34.5. The van der Waals surface area contributed by atoms with E-state index in [0.29, 0.717) is 0 Å². The third kappa shape index (κ3) is 4.76. The fourth-order valence-electron chi connectivity index (χ4n) is 12.0. The standard InChI is InChI=1S/C59H44N2/c1-58-32-9-10-33-59(58,2)61(57-44-20-8-5-15-39(44)31-34-60-57)54-30-25-41(35-53(54)58)51-36-52(46-22-12-17-38-14-4-7-19-43(38)46)50-27-24-40-23-26-47(48-28-29-49(51)56(50)55(40)48)45-21-11-16-37-13-3-6-18-42(37)45/h3-8,11-31,34-36H,9-10,32-33H2,1-2H3. The Bertz CT molecular complexity index is 3580. The highest BCUT2D eigenvalue weighted by atomic mass is 15.3. The quantitative estimate of drug-likeness (QED) is 0.165. The maximum Gasteiger partial charge on any atom is 0.141 e. The minimum Gasteiger partial charge on any atom is -0.319 e. The van der Waals surface area contributed by atoms with Gasteiger partial charge in [-0.2, -0.15) is 0 Å². The van der Waals surface area contributed by atoms with E-state index < -0.39 is 0 Å². The van der Waals surface area contributed by atoms with Gasteiger partial charge in [0.05, 0.1) is 5.54 Å².